The molecule has 0 atom stereocenters. The second-order valence-electron chi connectivity index (χ2n) is 14.9. The molecule has 0 aliphatic carbocycles. The van der Waals surface area contributed by atoms with Gasteiger partial charge in [-0.2, -0.15) is 6.07 Å². The third kappa shape index (κ3) is 10.8. The Bertz CT molecular complexity index is 2120. The molecule has 0 N–H and O–H groups in total. The van der Waals surface area contributed by atoms with Gasteiger partial charge in [-0.3, -0.25) is 0 Å². The first kappa shape index (κ1) is 47.0. The summed E-state index contributed by atoms with van der Waals surface area (Å²) in [5.74, 6) is 0. The van der Waals surface area contributed by atoms with E-state index in [1.54, 1.807) is 0 Å². The molecule has 0 nitrogen and oxygen atoms in total. The summed E-state index contributed by atoms with van der Waals surface area (Å²) in [6, 6.07) is 48.9. The number of aryl methyl sites for hydroxylation is 2. The molecule has 0 spiro atoms. The van der Waals surface area contributed by atoms with Crippen LogP contribution in [0.5, 0.6) is 0 Å². The maximum atomic E-state index is 3.06. The fourth-order valence-corrected chi connectivity index (χ4v) is 6.42. The van der Waals surface area contributed by atoms with Crippen LogP contribution in [0, 0.1) is 28.7 Å². The average molecular weight is 821 g/mol. The van der Waals surface area contributed by atoms with Crippen LogP contribution in [0.4, 0.5) is 0 Å². The van der Waals surface area contributed by atoms with Gasteiger partial charge >= 0.3 is 30.2 Å². The van der Waals surface area contributed by atoms with Gasteiger partial charge in [0.2, 0.25) is 0 Å². The minimum atomic E-state index is 0. The van der Waals surface area contributed by atoms with Gasteiger partial charge in [0.1, 0.15) is 0 Å². The molecule has 0 fully saturated rings. The fraction of sp³-hybridized carbons (Fsp3) is 0.208. The first-order valence-electron chi connectivity index (χ1n) is 16.8. The molecule has 7 aromatic carbocycles. The van der Waals surface area contributed by atoms with Crippen molar-refractivity contribution in [2.45, 2.75) is 66.2 Å². The van der Waals surface area contributed by atoms with Crippen LogP contribution < -0.4 is 0 Å². The predicted molar refractivity (Wildman–Crippen MR) is 235 cm³/mol. The van der Waals surface area contributed by atoms with E-state index < -0.39 is 0 Å². The van der Waals surface area contributed by atoms with E-state index >= 15 is 0 Å². The molecule has 7 aromatic rings. The van der Waals surface area contributed by atoms with Crippen molar-refractivity contribution in [3.63, 3.8) is 0 Å². The molecule has 7 rings (SSSR count). The summed E-state index contributed by atoms with van der Waals surface area (Å²) in [5, 5.41) is 5.38. The Hall–Kier alpha value is -3.00. The van der Waals surface area contributed by atoms with E-state index in [1.807, 2.05) is 0 Å². The first-order valence-corrected chi connectivity index (χ1v) is 21.0. The van der Waals surface area contributed by atoms with Crippen molar-refractivity contribution in [2.24, 2.45) is 0 Å². The van der Waals surface area contributed by atoms with Crippen LogP contribution in [-0.2, 0) is 34.2 Å². The van der Waals surface area contributed by atoms with E-state index in [1.165, 1.54) is 101 Å². The number of halogens is 2. The number of fused-ring (bicyclic) bond motifs is 2. The molecule has 0 aliphatic heterocycles. The van der Waals surface area contributed by atoms with Gasteiger partial charge in [0.05, 0.1) is 0 Å². The Morgan fingerprint density at radius 3 is 1.50 bits per heavy atom. The van der Waals surface area contributed by atoms with E-state index in [9.17, 15) is 0 Å². The molecule has 0 saturated carbocycles. The summed E-state index contributed by atoms with van der Waals surface area (Å²) >= 11 is 1.36. The molecule has 2 radical (unpaired) electrons. The Morgan fingerprint density at radius 2 is 1.00 bits per heavy atom. The van der Waals surface area contributed by atoms with Gasteiger partial charge in [0.15, 0.2) is 0 Å². The second-order valence-corrected chi connectivity index (χ2v) is 14.9. The Kier molecular flexibility index (Phi) is 18.0. The van der Waals surface area contributed by atoms with Crippen molar-refractivity contribution < 1.29 is 23.3 Å². The van der Waals surface area contributed by atoms with E-state index in [2.05, 4.69) is 196 Å². The maximum absolute atomic E-state index is 3.06. The first-order chi connectivity index (χ1) is 22.9. The van der Waals surface area contributed by atoms with Gasteiger partial charge in [-0.1, -0.05) is 169 Å². The Morgan fingerprint density at radius 1 is 0.500 bits per heavy atom. The standard InChI is InChI=1S/C25H23.C21H23.2CH3.2ClH.Si.Zr/c1-25(2,3)22-14-12-19(13-15-22)23-11-7-10-20-16-21(17-24(20)23)18-8-5-4-6-9-18;1-14-12-19-15(2)6-11-18(20(19)13-14)16-7-9-17(10-8-16)21(3,4)5;;;;;;/h4-17H,1-3H3;6-13H,1-5H3;2*1H3;2*1H;;/q4*-1;;;;. The van der Waals surface area contributed by atoms with Crippen molar-refractivity contribution >= 4 is 53.2 Å². The van der Waals surface area contributed by atoms with Crippen molar-refractivity contribution in [3.8, 4) is 33.4 Å². The molecular formula is C48H54Cl2SiZr-4. The molecule has 0 amide bonds. The number of hydrogen-bond acceptors (Lipinski definition) is 0. The molecule has 4 heteroatoms. The zero-order chi connectivity index (χ0) is 34.6. The fourth-order valence-electron chi connectivity index (χ4n) is 6.42. The van der Waals surface area contributed by atoms with Crippen LogP contribution in [0.25, 0.3) is 54.9 Å². The van der Waals surface area contributed by atoms with E-state index in [0.29, 0.717) is 0 Å². The number of benzene rings is 5. The minimum absolute atomic E-state index is 0. The third-order valence-corrected chi connectivity index (χ3v) is 9.23. The molecule has 0 saturated heterocycles. The van der Waals surface area contributed by atoms with Gasteiger partial charge in [-0.05, 0) is 33.1 Å². The molecule has 0 aliphatic rings. The Balaban J connectivity index is 0.000000468. The molecule has 0 bridgehead atoms. The average Bonchev–Trinajstić information content (AvgIpc) is 3.70. The third-order valence-electron chi connectivity index (χ3n) is 9.23. The number of hydrogen-bond donors (Lipinski definition) is 0. The van der Waals surface area contributed by atoms with Crippen molar-refractivity contribution in [3.05, 3.63) is 171 Å². The molecule has 0 unspecified atom stereocenters. The van der Waals surface area contributed by atoms with Crippen LogP contribution >= 0.6 is 24.8 Å². The van der Waals surface area contributed by atoms with Crippen molar-refractivity contribution in [1.82, 2.24) is 0 Å². The molecule has 272 valence electrons. The SMILES string of the molecule is CC(C)(C)c1ccc(-c2cccc3[cH-]c(-c4ccccc4)cc23)cc1.Cc1cc2c(-c3ccc(C(C)(C)C)cc3)ccc(C)c2[cH-]1.Cl.Cl.[CH3-].[CH3-].[Si]=[Zr]. The quantitative estimate of drug-likeness (QED) is 0.123. The van der Waals surface area contributed by atoms with Gasteiger partial charge in [-0.15, -0.1) is 93.4 Å². The summed E-state index contributed by atoms with van der Waals surface area (Å²) < 4.78 is 0. The summed E-state index contributed by atoms with van der Waals surface area (Å²) in [6.45, 7) is 21.0. The van der Waals surface area contributed by atoms with Crippen molar-refractivity contribution in [1.29, 1.82) is 0 Å². The summed E-state index contributed by atoms with van der Waals surface area (Å²) in [4.78, 5) is 0. The van der Waals surface area contributed by atoms with E-state index in [4.69, 9.17) is 0 Å². The monoisotopic (exact) mass is 818 g/mol. The molecule has 0 aromatic heterocycles. The van der Waals surface area contributed by atoms with Gasteiger partial charge in [-0.25, -0.2) is 0 Å². The van der Waals surface area contributed by atoms with Crippen LogP contribution in [0.3, 0.4) is 0 Å². The van der Waals surface area contributed by atoms with E-state index in [-0.39, 0.29) is 50.5 Å². The van der Waals surface area contributed by atoms with E-state index in [0.717, 1.165) is 0 Å². The normalized spacial score (nSPS) is 10.6. The van der Waals surface area contributed by atoms with Crippen LogP contribution in [0.2, 0.25) is 0 Å². The van der Waals surface area contributed by atoms with Crippen LogP contribution in [0.1, 0.15) is 63.8 Å². The van der Waals surface area contributed by atoms with Crippen LogP contribution in [-0.4, -0.2) is 6.88 Å². The van der Waals surface area contributed by atoms with Gasteiger partial charge < -0.3 is 14.9 Å². The van der Waals surface area contributed by atoms with Crippen LogP contribution in [0.15, 0.2) is 133 Å². The predicted octanol–water partition coefficient (Wildman–Crippen LogP) is 14.7. The second kappa shape index (κ2) is 19.9. The zero-order valence-corrected chi connectivity index (χ0v) is 37.6. The molecule has 0 heterocycles. The molecule has 52 heavy (non-hydrogen) atoms. The summed E-state index contributed by atoms with van der Waals surface area (Å²) in [5.41, 5.74) is 13.6. The zero-order valence-electron chi connectivity index (χ0n) is 32.5. The topological polar surface area (TPSA) is 0 Å². The Labute approximate surface area is 344 Å². The summed E-state index contributed by atoms with van der Waals surface area (Å²) in [7, 11) is 0. The van der Waals surface area contributed by atoms with Gasteiger partial charge in [0.25, 0.3) is 0 Å². The number of rotatable bonds is 3. The van der Waals surface area contributed by atoms with Crippen molar-refractivity contribution in [2.75, 3.05) is 0 Å². The summed E-state index contributed by atoms with van der Waals surface area (Å²) in [6.07, 6.45) is 0. The van der Waals surface area contributed by atoms with Gasteiger partial charge in [0, 0.05) is 0 Å². The molecular weight excluding hydrogens is 767 g/mol.